The Kier molecular flexibility index (Phi) is 4.87. The molecule has 68 valence electrons. The standard InChI is InChI=1S/C9H13IO2/c10-9-4-1-3-8(9)7-12-6-2-5-11/h1,3-4,8,11H,2,5-7H2/t8-/m1/s1. The summed E-state index contributed by atoms with van der Waals surface area (Å²) in [5.41, 5.74) is 0. The molecule has 12 heavy (non-hydrogen) atoms. The number of aliphatic hydroxyl groups excluding tert-OH is 1. The first-order valence-corrected chi connectivity index (χ1v) is 5.15. The molecule has 0 aliphatic heterocycles. The van der Waals surface area contributed by atoms with Gasteiger partial charge in [0.25, 0.3) is 0 Å². The zero-order chi connectivity index (χ0) is 8.81. The fraction of sp³-hybridized carbons (Fsp3) is 0.556. The van der Waals surface area contributed by atoms with Gasteiger partial charge in [0, 0.05) is 19.1 Å². The van der Waals surface area contributed by atoms with Crippen LogP contribution in [-0.4, -0.2) is 24.9 Å². The second-order valence-corrected chi connectivity index (χ2v) is 3.94. The third-order valence-electron chi connectivity index (χ3n) is 1.70. The summed E-state index contributed by atoms with van der Waals surface area (Å²) in [5, 5.41) is 8.50. The second-order valence-electron chi connectivity index (χ2n) is 2.70. The molecule has 0 saturated heterocycles. The van der Waals surface area contributed by atoms with Gasteiger partial charge in [0.1, 0.15) is 0 Å². The van der Waals surface area contributed by atoms with E-state index in [-0.39, 0.29) is 6.61 Å². The fourth-order valence-corrected chi connectivity index (χ4v) is 1.60. The molecule has 1 aliphatic carbocycles. The molecule has 0 heterocycles. The Balaban J connectivity index is 2.08. The van der Waals surface area contributed by atoms with Crippen molar-refractivity contribution in [3.05, 3.63) is 21.8 Å². The van der Waals surface area contributed by atoms with Crippen LogP contribution in [0.4, 0.5) is 0 Å². The first kappa shape index (κ1) is 10.2. The lowest BCUT2D eigenvalue weighted by atomic mass is 10.2. The van der Waals surface area contributed by atoms with Crippen LogP contribution in [0.3, 0.4) is 0 Å². The SMILES string of the molecule is OCCCOC[C@H]1C=CC=C1I. The van der Waals surface area contributed by atoms with Gasteiger partial charge in [-0.1, -0.05) is 18.2 Å². The van der Waals surface area contributed by atoms with Crippen LogP contribution in [0.15, 0.2) is 21.8 Å². The van der Waals surface area contributed by atoms with Gasteiger partial charge in [-0.25, -0.2) is 0 Å². The van der Waals surface area contributed by atoms with Gasteiger partial charge in [-0.3, -0.25) is 0 Å². The highest BCUT2D eigenvalue weighted by molar-refractivity contribution is 14.1. The van der Waals surface area contributed by atoms with Crippen molar-refractivity contribution in [2.24, 2.45) is 5.92 Å². The summed E-state index contributed by atoms with van der Waals surface area (Å²) in [6.45, 7) is 1.61. The molecule has 0 fully saturated rings. The highest BCUT2D eigenvalue weighted by Crippen LogP contribution is 2.25. The molecule has 1 N–H and O–H groups in total. The van der Waals surface area contributed by atoms with Crippen LogP contribution in [-0.2, 0) is 4.74 Å². The minimum absolute atomic E-state index is 0.216. The van der Waals surface area contributed by atoms with Crippen LogP contribution in [0.1, 0.15) is 6.42 Å². The molecule has 0 amide bonds. The lowest BCUT2D eigenvalue weighted by molar-refractivity contribution is 0.107. The third-order valence-corrected chi connectivity index (χ3v) is 2.86. The van der Waals surface area contributed by atoms with Crippen LogP contribution in [0.2, 0.25) is 0 Å². The minimum atomic E-state index is 0.216. The Labute approximate surface area is 86.4 Å². The molecule has 0 radical (unpaired) electrons. The Hall–Kier alpha value is 0.130. The quantitative estimate of drug-likeness (QED) is 0.615. The molecule has 0 bridgehead atoms. The Morgan fingerprint density at radius 2 is 2.42 bits per heavy atom. The number of allylic oxidation sites excluding steroid dienone is 2. The molecule has 0 aromatic carbocycles. The lowest BCUT2D eigenvalue weighted by Crippen LogP contribution is -2.07. The summed E-state index contributed by atoms with van der Waals surface area (Å²) in [7, 11) is 0. The summed E-state index contributed by atoms with van der Waals surface area (Å²) in [6.07, 6.45) is 7.03. The van der Waals surface area contributed by atoms with Crippen LogP contribution in [0.5, 0.6) is 0 Å². The Morgan fingerprint density at radius 1 is 1.58 bits per heavy atom. The Morgan fingerprint density at radius 3 is 3.00 bits per heavy atom. The first-order valence-electron chi connectivity index (χ1n) is 4.07. The van der Waals surface area contributed by atoms with E-state index in [9.17, 15) is 0 Å². The van der Waals surface area contributed by atoms with E-state index in [4.69, 9.17) is 9.84 Å². The van der Waals surface area contributed by atoms with Gasteiger partial charge in [0.15, 0.2) is 0 Å². The topological polar surface area (TPSA) is 29.5 Å². The van der Waals surface area contributed by atoms with E-state index in [1.165, 1.54) is 3.58 Å². The number of hydrogen-bond acceptors (Lipinski definition) is 2. The number of halogens is 1. The predicted molar refractivity (Wildman–Crippen MR) is 57.3 cm³/mol. The van der Waals surface area contributed by atoms with Crippen LogP contribution in [0.25, 0.3) is 0 Å². The van der Waals surface area contributed by atoms with Gasteiger partial charge in [-0.2, -0.15) is 0 Å². The summed E-state index contributed by atoms with van der Waals surface area (Å²) in [6, 6.07) is 0. The van der Waals surface area contributed by atoms with Gasteiger partial charge in [-0.05, 0) is 32.6 Å². The smallest absolute Gasteiger partial charge is 0.0574 e. The van der Waals surface area contributed by atoms with E-state index in [1.807, 2.05) is 0 Å². The number of aliphatic hydroxyl groups is 1. The van der Waals surface area contributed by atoms with Crippen molar-refractivity contribution in [2.45, 2.75) is 6.42 Å². The first-order chi connectivity index (χ1) is 5.84. The van der Waals surface area contributed by atoms with Gasteiger partial charge in [0.05, 0.1) is 6.61 Å². The molecule has 1 rings (SSSR count). The van der Waals surface area contributed by atoms with Crippen molar-refractivity contribution in [1.29, 1.82) is 0 Å². The van der Waals surface area contributed by atoms with Crippen molar-refractivity contribution in [2.75, 3.05) is 19.8 Å². The van der Waals surface area contributed by atoms with Crippen molar-refractivity contribution >= 4 is 22.6 Å². The number of hydrogen-bond donors (Lipinski definition) is 1. The van der Waals surface area contributed by atoms with Crippen LogP contribution < -0.4 is 0 Å². The van der Waals surface area contributed by atoms with Crippen LogP contribution >= 0.6 is 22.6 Å². The summed E-state index contributed by atoms with van der Waals surface area (Å²) >= 11 is 2.32. The van der Waals surface area contributed by atoms with E-state index in [0.717, 1.165) is 13.0 Å². The van der Waals surface area contributed by atoms with Gasteiger partial charge >= 0.3 is 0 Å². The minimum Gasteiger partial charge on any atom is -0.396 e. The molecule has 1 atom stereocenters. The Bertz CT molecular complexity index is 187. The average molecular weight is 280 g/mol. The predicted octanol–water partition coefficient (Wildman–Crippen LogP) is 1.89. The van der Waals surface area contributed by atoms with Gasteiger partial charge < -0.3 is 9.84 Å². The zero-order valence-electron chi connectivity index (χ0n) is 6.87. The van der Waals surface area contributed by atoms with E-state index >= 15 is 0 Å². The average Bonchev–Trinajstić information content (AvgIpc) is 2.46. The molecule has 3 heteroatoms. The van der Waals surface area contributed by atoms with Crippen molar-refractivity contribution in [1.82, 2.24) is 0 Å². The maximum absolute atomic E-state index is 8.50. The summed E-state index contributed by atoms with van der Waals surface area (Å²) in [5.74, 6) is 0.448. The molecule has 0 aromatic rings. The van der Waals surface area contributed by atoms with Crippen molar-refractivity contribution < 1.29 is 9.84 Å². The summed E-state index contributed by atoms with van der Waals surface area (Å²) in [4.78, 5) is 0. The molecule has 0 aromatic heterocycles. The monoisotopic (exact) mass is 280 g/mol. The third kappa shape index (κ3) is 3.25. The fourth-order valence-electron chi connectivity index (χ4n) is 1.01. The highest BCUT2D eigenvalue weighted by atomic mass is 127. The zero-order valence-corrected chi connectivity index (χ0v) is 9.03. The van der Waals surface area contributed by atoms with Crippen LogP contribution in [0, 0.1) is 5.92 Å². The normalized spacial score (nSPS) is 21.5. The maximum Gasteiger partial charge on any atom is 0.0574 e. The molecule has 0 unspecified atom stereocenters. The van der Waals surface area contributed by atoms with E-state index in [2.05, 4.69) is 40.8 Å². The second kappa shape index (κ2) is 5.72. The van der Waals surface area contributed by atoms with Gasteiger partial charge in [0.2, 0.25) is 0 Å². The van der Waals surface area contributed by atoms with Crippen molar-refractivity contribution in [3.63, 3.8) is 0 Å². The number of rotatable bonds is 5. The maximum atomic E-state index is 8.50. The molecule has 1 aliphatic rings. The largest absolute Gasteiger partial charge is 0.396 e. The van der Waals surface area contributed by atoms with Gasteiger partial charge in [-0.15, -0.1) is 0 Å². The lowest BCUT2D eigenvalue weighted by Gasteiger charge is -2.08. The number of ether oxygens (including phenoxy) is 1. The molecule has 0 spiro atoms. The van der Waals surface area contributed by atoms with E-state index in [0.29, 0.717) is 12.5 Å². The van der Waals surface area contributed by atoms with E-state index < -0.39 is 0 Å². The molecular weight excluding hydrogens is 267 g/mol. The molecular formula is C9H13IO2. The van der Waals surface area contributed by atoms with Crippen molar-refractivity contribution in [3.8, 4) is 0 Å². The van der Waals surface area contributed by atoms with E-state index in [1.54, 1.807) is 0 Å². The highest BCUT2D eigenvalue weighted by Gasteiger charge is 2.11. The molecule has 0 saturated carbocycles. The summed E-state index contributed by atoms with van der Waals surface area (Å²) < 4.78 is 6.70. The molecule has 2 nitrogen and oxygen atoms in total.